The molecule has 0 saturated heterocycles. The molecule has 0 saturated carbocycles. The molecule has 3 rings (SSSR count). The van der Waals surface area contributed by atoms with Crippen LogP contribution in [0.4, 0.5) is 4.39 Å². The lowest BCUT2D eigenvalue weighted by Crippen LogP contribution is -2.26. The number of aromatic nitrogens is 2. The maximum atomic E-state index is 14.0. The van der Waals surface area contributed by atoms with Gasteiger partial charge in [-0.05, 0) is 18.2 Å². The second-order valence-electron chi connectivity index (χ2n) is 5.26. The first-order chi connectivity index (χ1) is 11.5. The van der Waals surface area contributed by atoms with E-state index in [9.17, 15) is 14.0 Å². The van der Waals surface area contributed by atoms with Crippen molar-refractivity contribution in [1.82, 2.24) is 9.78 Å². The van der Waals surface area contributed by atoms with Gasteiger partial charge in [0, 0.05) is 16.0 Å². The van der Waals surface area contributed by atoms with Crippen molar-refractivity contribution in [3.05, 3.63) is 74.9 Å². The fourth-order valence-electron chi connectivity index (χ4n) is 2.50. The number of hydrogen-bond donors (Lipinski definition) is 1. The van der Waals surface area contributed by atoms with Crippen LogP contribution in [0, 0.1) is 5.82 Å². The SMILES string of the molecule is O=C(O)Cc1nn(Cc2ccc(Cl)cc2F)c(=O)c2ccccc12. The van der Waals surface area contributed by atoms with Crippen molar-refractivity contribution in [2.45, 2.75) is 13.0 Å². The molecule has 24 heavy (non-hydrogen) atoms. The van der Waals surface area contributed by atoms with Crippen LogP contribution in [0.5, 0.6) is 0 Å². The van der Waals surface area contributed by atoms with Gasteiger partial charge in [0.2, 0.25) is 0 Å². The predicted molar refractivity (Wildman–Crippen MR) is 87.9 cm³/mol. The molecule has 0 aliphatic carbocycles. The highest BCUT2D eigenvalue weighted by Crippen LogP contribution is 2.17. The Hall–Kier alpha value is -2.73. The van der Waals surface area contributed by atoms with Gasteiger partial charge in [0.1, 0.15) is 5.82 Å². The predicted octanol–water partition coefficient (Wildman–Crippen LogP) is 2.86. The molecule has 1 heterocycles. The lowest BCUT2D eigenvalue weighted by molar-refractivity contribution is -0.136. The Balaban J connectivity index is 2.15. The zero-order valence-corrected chi connectivity index (χ0v) is 13.1. The molecule has 0 aliphatic rings. The number of hydrogen-bond acceptors (Lipinski definition) is 3. The number of carboxylic acids is 1. The van der Waals surface area contributed by atoms with E-state index in [4.69, 9.17) is 16.7 Å². The van der Waals surface area contributed by atoms with Crippen LogP contribution in [0.2, 0.25) is 5.02 Å². The second-order valence-corrected chi connectivity index (χ2v) is 5.70. The summed E-state index contributed by atoms with van der Waals surface area (Å²) in [5, 5.41) is 14.3. The summed E-state index contributed by atoms with van der Waals surface area (Å²) in [6.45, 7) is -0.112. The molecule has 0 bridgehead atoms. The number of nitrogens with zero attached hydrogens (tertiary/aromatic N) is 2. The van der Waals surface area contributed by atoms with Gasteiger partial charge in [-0.15, -0.1) is 0 Å². The first-order valence-electron chi connectivity index (χ1n) is 7.10. The van der Waals surface area contributed by atoms with Gasteiger partial charge in [-0.25, -0.2) is 9.07 Å². The largest absolute Gasteiger partial charge is 0.481 e. The highest BCUT2D eigenvalue weighted by molar-refractivity contribution is 6.30. The Kier molecular flexibility index (Phi) is 4.31. The van der Waals surface area contributed by atoms with E-state index in [2.05, 4.69) is 5.10 Å². The molecule has 3 aromatic rings. The molecular formula is C17H12ClFN2O3. The van der Waals surface area contributed by atoms with Crippen LogP contribution in [0.25, 0.3) is 10.8 Å². The van der Waals surface area contributed by atoms with Crippen LogP contribution in [-0.2, 0) is 17.8 Å². The van der Waals surface area contributed by atoms with Gasteiger partial charge in [0.15, 0.2) is 0 Å². The van der Waals surface area contributed by atoms with Gasteiger partial charge < -0.3 is 5.11 Å². The van der Waals surface area contributed by atoms with Gasteiger partial charge in [0.25, 0.3) is 5.56 Å². The van der Waals surface area contributed by atoms with Crippen molar-refractivity contribution in [1.29, 1.82) is 0 Å². The molecule has 0 aliphatic heterocycles. The number of aliphatic carboxylic acids is 1. The number of fused-ring (bicyclic) bond motifs is 1. The summed E-state index contributed by atoms with van der Waals surface area (Å²) in [6, 6.07) is 10.8. The zero-order valence-electron chi connectivity index (χ0n) is 12.4. The van der Waals surface area contributed by atoms with E-state index in [0.29, 0.717) is 10.8 Å². The van der Waals surface area contributed by atoms with Gasteiger partial charge in [0.05, 0.1) is 24.0 Å². The molecule has 1 N–H and O–H groups in total. The average Bonchev–Trinajstić information content (AvgIpc) is 2.54. The molecular weight excluding hydrogens is 335 g/mol. The average molecular weight is 347 g/mol. The molecule has 0 fully saturated rings. The minimum Gasteiger partial charge on any atom is -0.481 e. The van der Waals surface area contributed by atoms with E-state index in [1.54, 1.807) is 24.3 Å². The fraction of sp³-hybridized carbons (Fsp3) is 0.118. The molecule has 0 amide bonds. The zero-order chi connectivity index (χ0) is 17.3. The standard InChI is InChI=1S/C17H12ClFN2O3/c18-11-6-5-10(14(19)7-11)9-21-17(24)13-4-2-1-3-12(13)15(20-21)8-16(22)23/h1-7H,8-9H2,(H,22,23). The summed E-state index contributed by atoms with van der Waals surface area (Å²) in [7, 11) is 0. The summed E-state index contributed by atoms with van der Waals surface area (Å²) < 4.78 is 15.0. The minimum atomic E-state index is -1.06. The van der Waals surface area contributed by atoms with E-state index >= 15 is 0 Å². The minimum absolute atomic E-state index is 0.112. The van der Waals surface area contributed by atoms with Crippen LogP contribution in [0.15, 0.2) is 47.3 Å². The van der Waals surface area contributed by atoms with Crippen LogP contribution >= 0.6 is 11.6 Å². The maximum Gasteiger partial charge on any atom is 0.309 e. The van der Waals surface area contributed by atoms with Crippen LogP contribution in [0.3, 0.4) is 0 Å². The molecule has 0 unspecified atom stereocenters. The molecule has 0 spiro atoms. The van der Waals surface area contributed by atoms with Crippen molar-refractivity contribution in [2.75, 3.05) is 0 Å². The first-order valence-corrected chi connectivity index (χ1v) is 7.48. The lowest BCUT2D eigenvalue weighted by atomic mass is 10.1. The van der Waals surface area contributed by atoms with Crippen molar-refractivity contribution in [3.63, 3.8) is 0 Å². The van der Waals surface area contributed by atoms with Crippen molar-refractivity contribution >= 4 is 28.3 Å². The van der Waals surface area contributed by atoms with Gasteiger partial charge in [-0.3, -0.25) is 9.59 Å². The molecule has 2 aromatic carbocycles. The second kappa shape index (κ2) is 6.41. The number of carbonyl (C=O) groups is 1. The number of carboxylic acid groups (broad SMARTS) is 1. The number of halogens is 2. The van der Waals surface area contributed by atoms with E-state index in [1.807, 2.05) is 0 Å². The van der Waals surface area contributed by atoms with Crippen LogP contribution in [-0.4, -0.2) is 20.9 Å². The molecule has 7 heteroatoms. The Labute approximate surface area is 140 Å². The number of benzene rings is 2. The van der Waals surface area contributed by atoms with Crippen LogP contribution in [0.1, 0.15) is 11.3 Å². The van der Waals surface area contributed by atoms with Crippen molar-refractivity contribution < 1.29 is 14.3 Å². The lowest BCUT2D eigenvalue weighted by Gasteiger charge is -2.11. The van der Waals surface area contributed by atoms with Gasteiger partial charge in [-0.2, -0.15) is 5.10 Å². The van der Waals surface area contributed by atoms with E-state index < -0.39 is 17.3 Å². The summed E-state index contributed by atoms with van der Waals surface area (Å²) in [5.41, 5.74) is 0.0896. The molecule has 122 valence electrons. The third kappa shape index (κ3) is 3.14. The quantitative estimate of drug-likeness (QED) is 0.788. The Morgan fingerprint density at radius 1 is 1.21 bits per heavy atom. The highest BCUT2D eigenvalue weighted by atomic mass is 35.5. The third-order valence-corrected chi connectivity index (χ3v) is 3.83. The summed E-state index contributed by atoms with van der Waals surface area (Å²) in [6.07, 6.45) is -0.329. The Morgan fingerprint density at radius 2 is 1.92 bits per heavy atom. The monoisotopic (exact) mass is 346 g/mol. The number of rotatable bonds is 4. The van der Waals surface area contributed by atoms with Gasteiger partial charge in [-0.1, -0.05) is 35.9 Å². The van der Waals surface area contributed by atoms with Gasteiger partial charge >= 0.3 is 5.97 Å². The molecule has 1 aromatic heterocycles. The smallest absolute Gasteiger partial charge is 0.309 e. The summed E-state index contributed by atoms with van der Waals surface area (Å²) in [4.78, 5) is 23.6. The Morgan fingerprint density at radius 3 is 2.58 bits per heavy atom. The fourth-order valence-corrected chi connectivity index (χ4v) is 2.66. The van der Waals surface area contributed by atoms with Crippen molar-refractivity contribution in [3.8, 4) is 0 Å². The summed E-state index contributed by atoms with van der Waals surface area (Å²) in [5.74, 6) is -1.61. The first kappa shape index (κ1) is 16.1. The summed E-state index contributed by atoms with van der Waals surface area (Å²) >= 11 is 5.72. The Bertz CT molecular complexity index is 1000. The molecule has 0 radical (unpaired) electrons. The van der Waals surface area contributed by atoms with E-state index in [1.165, 1.54) is 12.1 Å². The normalized spacial score (nSPS) is 10.9. The molecule has 0 atom stereocenters. The molecule has 5 nitrogen and oxygen atoms in total. The highest BCUT2D eigenvalue weighted by Gasteiger charge is 2.14. The van der Waals surface area contributed by atoms with Crippen LogP contribution < -0.4 is 5.56 Å². The maximum absolute atomic E-state index is 14.0. The van der Waals surface area contributed by atoms with Crippen molar-refractivity contribution in [2.24, 2.45) is 0 Å². The van der Waals surface area contributed by atoms with E-state index in [-0.39, 0.29) is 29.2 Å². The van der Waals surface area contributed by atoms with E-state index in [0.717, 1.165) is 10.7 Å². The topological polar surface area (TPSA) is 72.2 Å². The third-order valence-electron chi connectivity index (χ3n) is 3.60.